The molecule has 0 aromatic heterocycles. The molecule has 9 heteroatoms. The summed E-state index contributed by atoms with van der Waals surface area (Å²) in [4.78, 5) is 40.6. The van der Waals surface area contributed by atoms with Crippen molar-refractivity contribution in [1.82, 2.24) is 0 Å². The van der Waals surface area contributed by atoms with E-state index in [0.717, 1.165) is 5.56 Å². The molecular weight excluding hydrogens is 486 g/mol. The van der Waals surface area contributed by atoms with E-state index in [2.05, 4.69) is 6.07 Å². The number of benzene rings is 3. The Kier molecular flexibility index (Phi) is 6.17. The Morgan fingerprint density at radius 2 is 1.79 bits per heavy atom. The summed E-state index contributed by atoms with van der Waals surface area (Å²) in [7, 11) is 2.74. The lowest BCUT2D eigenvalue weighted by Gasteiger charge is -2.36. The van der Waals surface area contributed by atoms with Gasteiger partial charge in [-0.25, -0.2) is 0 Å². The maximum Gasteiger partial charge on any atom is 0.329 e. The van der Waals surface area contributed by atoms with Gasteiger partial charge in [0.1, 0.15) is 11.8 Å². The summed E-state index contributed by atoms with van der Waals surface area (Å²) < 4.78 is 10.5. The molecule has 1 fully saturated rings. The van der Waals surface area contributed by atoms with Crippen LogP contribution >= 0.6 is 0 Å². The number of rotatable bonds is 6. The van der Waals surface area contributed by atoms with Crippen molar-refractivity contribution in [2.75, 3.05) is 19.1 Å². The van der Waals surface area contributed by atoms with Crippen molar-refractivity contribution in [3.63, 3.8) is 0 Å². The molecule has 2 heterocycles. The summed E-state index contributed by atoms with van der Waals surface area (Å²) >= 11 is 0. The van der Waals surface area contributed by atoms with Crippen LogP contribution in [0.25, 0.3) is 6.08 Å². The van der Waals surface area contributed by atoms with Crippen LogP contribution in [-0.2, 0) is 9.53 Å². The van der Waals surface area contributed by atoms with Gasteiger partial charge in [0, 0.05) is 29.3 Å². The number of anilines is 1. The smallest absolute Gasteiger partial charge is 0.329 e. The average Bonchev–Trinajstić information content (AvgIpc) is 3.28. The van der Waals surface area contributed by atoms with Gasteiger partial charge in [-0.1, -0.05) is 54.6 Å². The number of fused-ring (bicyclic) bond motifs is 3. The first-order valence-electron chi connectivity index (χ1n) is 11.8. The van der Waals surface area contributed by atoms with Crippen LogP contribution in [0.1, 0.15) is 27.4 Å². The van der Waals surface area contributed by atoms with E-state index < -0.39 is 40.1 Å². The summed E-state index contributed by atoms with van der Waals surface area (Å²) in [5.41, 5.74) is 0.115. The Morgan fingerprint density at radius 1 is 1.05 bits per heavy atom. The van der Waals surface area contributed by atoms with Crippen molar-refractivity contribution >= 4 is 29.2 Å². The van der Waals surface area contributed by atoms with Gasteiger partial charge < -0.3 is 14.4 Å². The van der Waals surface area contributed by atoms with E-state index in [4.69, 9.17) is 9.47 Å². The molecule has 5 rings (SSSR count). The van der Waals surface area contributed by atoms with Crippen molar-refractivity contribution in [2.24, 2.45) is 5.41 Å². The van der Waals surface area contributed by atoms with Crippen molar-refractivity contribution < 1.29 is 24.0 Å². The van der Waals surface area contributed by atoms with Gasteiger partial charge in [0.05, 0.1) is 31.3 Å². The fourth-order valence-corrected chi connectivity index (χ4v) is 5.66. The summed E-state index contributed by atoms with van der Waals surface area (Å²) in [5, 5.41) is 22.2. The molecule has 0 amide bonds. The minimum Gasteiger partial charge on any atom is -0.497 e. The van der Waals surface area contributed by atoms with Gasteiger partial charge in [-0.15, -0.1) is 0 Å². The second-order valence-electron chi connectivity index (χ2n) is 9.11. The monoisotopic (exact) mass is 509 g/mol. The van der Waals surface area contributed by atoms with E-state index >= 15 is 0 Å². The molecule has 0 spiro atoms. The van der Waals surface area contributed by atoms with Crippen LogP contribution in [0.3, 0.4) is 0 Å². The highest BCUT2D eigenvalue weighted by molar-refractivity contribution is 6.06. The minimum absolute atomic E-state index is 0.104. The largest absolute Gasteiger partial charge is 0.497 e. The number of hydrogen-bond acceptors (Lipinski definition) is 8. The van der Waals surface area contributed by atoms with Crippen molar-refractivity contribution in [1.29, 1.82) is 5.26 Å². The maximum atomic E-state index is 14.3. The number of esters is 1. The second-order valence-corrected chi connectivity index (χ2v) is 9.11. The number of nitro groups is 1. The molecule has 0 radical (unpaired) electrons. The molecule has 4 atom stereocenters. The average molecular weight is 510 g/mol. The molecule has 3 aromatic rings. The van der Waals surface area contributed by atoms with Crippen LogP contribution in [0.5, 0.6) is 5.75 Å². The van der Waals surface area contributed by atoms with Crippen LogP contribution < -0.4 is 9.64 Å². The number of nitro benzene ring substituents is 1. The van der Waals surface area contributed by atoms with E-state index in [9.17, 15) is 25.0 Å². The van der Waals surface area contributed by atoms with Crippen LogP contribution in [0.15, 0.2) is 78.9 Å². The number of nitrogens with zero attached hydrogens (tertiary/aromatic N) is 3. The highest BCUT2D eigenvalue weighted by Gasteiger charge is 2.67. The third-order valence-corrected chi connectivity index (χ3v) is 7.34. The molecule has 0 aliphatic carbocycles. The Balaban J connectivity index is 1.80. The molecule has 2 aliphatic rings. The van der Waals surface area contributed by atoms with E-state index in [-0.39, 0.29) is 11.3 Å². The Bertz CT molecular complexity index is 1510. The number of methoxy groups -OCH3 is 2. The number of carbonyl (C=O) groups is 2. The molecule has 0 bridgehead atoms. The van der Waals surface area contributed by atoms with E-state index in [0.29, 0.717) is 17.0 Å². The summed E-state index contributed by atoms with van der Waals surface area (Å²) in [6.45, 7) is 0. The molecule has 1 saturated heterocycles. The molecule has 3 aromatic carbocycles. The molecule has 0 unspecified atom stereocenters. The lowest BCUT2D eigenvalue weighted by Crippen LogP contribution is -2.46. The molecule has 0 N–H and O–H groups in total. The van der Waals surface area contributed by atoms with Crippen LogP contribution in [0, 0.1) is 26.9 Å². The first-order valence-corrected chi connectivity index (χ1v) is 11.8. The standard InChI is InChI=1S/C29H23N3O6/c1-37-22-13-10-19(11-14-22)25-26(27(33)20-7-5-8-21(16-20)32(35)36)31-23-9-4-3-6-18(23)12-15-24(31)29(25,17-30)28(34)38-2/h3-16,24-26H,1-2H3/t24-,25+,26-,29+/m0/s1. The first kappa shape index (κ1) is 24.7. The summed E-state index contributed by atoms with van der Waals surface area (Å²) in [6, 6.07) is 20.1. The predicted octanol–water partition coefficient (Wildman–Crippen LogP) is 4.54. The highest BCUT2D eigenvalue weighted by Crippen LogP contribution is 2.56. The number of non-ortho nitro benzene ring substituents is 1. The second kappa shape index (κ2) is 9.48. The number of Topliss-reactive ketones (excluding diaryl/α,β-unsaturated/α-hetero) is 1. The Labute approximate surface area is 218 Å². The minimum atomic E-state index is -1.80. The molecule has 190 valence electrons. The number of carbonyl (C=O) groups excluding carboxylic acids is 2. The highest BCUT2D eigenvalue weighted by atomic mass is 16.6. The third kappa shape index (κ3) is 3.61. The zero-order valence-corrected chi connectivity index (χ0v) is 20.6. The van der Waals surface area contributed by atoms with Gasteiger partial charge in [-0.2, -0.15) is 5.26 Å². The number of para-hydroxylation sites is 1. The zero-order valence-electron chi connectivity index (χ0n) is 20.6. The molecule has 38 heavy (non-hydrogen) atoms. The lowest BCUT2D eigenvalue weighted by molar-refractivity contribution is -0.384. The van der Waals surface area contributed by atoms with Gasteiger partial charge in [0.15, 0.2) is 11.2 Å². The number of ether oxygens (including phenoxy) is 2. The quantitative estimate of drug-likeness (QED) is 0.205. The van der Waals surface area contributed by atoms with Gasteiger partial charge in [0.25, 0.3) is 5.69 Å². The fraction of sp³-hybridized carbons (Fsp3) is 0.207. The van der Waals surface area contributed by atoms with E-state index in [1.807, 2.05) is 30.3 Å². The van der Waals surface area contributed by atoms with Crippen LogP contribution in [0.4, 0.5) is 11.4 Å². The number of ketones is 1. The van der Waals surface area contributed by atoms with Crippen molar-refractivity contribution in [3.05, 3.63) is 106 Å². The normalized spacial score (nSPS) is 23.1. The van der Waals surface area contributed by atoms with Gasteiger partial charge in [-0.05, 0) is 29.3 Å². The fourth-order valence-electron chi connectivity index (χ4n) is 5.66. The number of nitriles is 1. The SMILES string of the molecule is COC(=O)[C@@]1(C#N)[C@H](c2ccc(OC)cc2)[C@@H](C(=O)c2cccc([N+](=O)[O-])c2)N2c3ccccc3C=C[C@H]21. The first-order chi connectivity index (χ1) is 18.4. The Hall–Kier alpha value is -4.97. The van der Waals surface area contributed by atoms with E-state index in [1.165, 1.54) is 38.5 Å². The van der Waals surface area contributed by atoms with Crippen LogP contribution in [-0.4, -0.2) is 43.0 Å². The van der Waals surface area contributed by atoms with Gasteiger partial charge in [0.2, 0.25) is 0 Å². The van der Waals surface area contributed by atoms with Gasteiger partial charge >= 0.3 is 5.97 Å². The molecule has 0 saturated carbocycles. The zero-order chi connectivity index (χ0) is 27.0. The summed E-state index contributed by atoms with van der Waals surface area (Å²) in [6.07, 6.45) is 3.58. The predicted molar refractivity (Wildman–Crippen MR) is 139 cm³/mol. The topological polar surface area (TPSA) is 123 Å². The summed E-state index contributed by atoms with van der Waals surface area (Å²) in [5.74, 6) is -1.63. The van der Waals surface area contributed by atoms with Gasteiger partial charge in [-0.3, -0.25) is 19.7 Å². The maximum absolute atomic E-state index is 14.3. The van der Waals surface area contributed by atoms with Crippen molar-refractivity contribution in [2.45, 2.75) is 18.0 Å². The van der Waals surface area contributed by atoms with Crippen LogP contribution in [0.2, 0.25) is 0 Å². The molecule has 9 nitrogen and oxygen atoms in total. The van der Waals surface area contributed by atoms with Crippen molar-refractivity contribution in [3.8, 4) is 11.8 Å². The van der Waals surface area contributed by atoms with E-state index in [1.54, 1.807) is 35.2 Å². The molecular formula is C29H23N3O6. The third-order valence-electron chi connectivity index (χ3n) is 7.34. The molecule has 2 aliphatic heterocycles. The lowest BCUT2D eigenvalue weighted by atomic mass is 9.68. The number of hydrogen-bond donors (Lipinski definition) is 0. The Morgan fingerprint density at radius 3 is 2.45 bits per heavy atom.